The van der Waals surface area contributed by atoms with Crippen molar-refractivity contribution in [3.05, 3.63) is 146 Å². The van der Waals surface area contributed by atoms with Crippen molar-refractivity contribution in [2.75, 3.05) is 6.61 Å². The number of benzene rings is 5. The zero-order chi connectivity index (χ0) is 30.3. The van der Waals surface area contributed by atoms with Crippen LogP contribution in [0.3, 0.4) is 0 Å². The molecule has 0 radical (unpaired) electrons. The Kier molecular flexibility index (Phi) is 9.63. The molecule has 0 aliphatic carbocycles. The second-order valence-electron chi connectivity index (χ2n) is 10.3. The van der Waals surface area contributed by atoms with Crippen molar-refractivity contribution in [1.29, 1.82) is 0 Å². The van der Waals surface area contributed by atoms with Gasteiger partial charge in [0.1, 0.15) is 6.61 Å². The molecule has 220 valence electrons. The molecule has 0 atom stereocenters. The average Bonchev–Trinajstić information content (AvgIpc) is 3.33. The fourth-order valence-electron chi connectivity index (χ4n) is 5.07. The Morgan fingerprint density at radius 2 is 1.55 bits per heavy atom. The van der Waals surface area contributed by atoms with Crippen LogP contribution in [0.25, 0.3) is 16.8 Å². The van der Waals surface area contributed by atoms with Crippen LogP contribution >= 0.6 is 34.4 Å². The zero-order valence-electron chi connectivity index (χ0n) is 24.3. The first-order chi connectivity index (χ1) is 21.6. The third-order valence-electron chi connectivity index (χ3n) is 7.19. The molecule has 6 rings (SSSR count). The minimum atomic E-state index is -0.0603. The molecule has 1 saturated heterocycles. The molecule has 0 saturated carbocycles. The van der Waals surface area contributed by atoms with Crippen LogP contribution in [0.1, 0.15) is 29.2 Å². The summed E-state index contributed by atoms with van der Waals surface area (Å²) in [6.07, 6.45) is 1.93. The minimum absolute atomic E-state index is 0.0603. The highest BCUT2D eigenvalue weighted by atomic mass is 127. The van der Waals surface area contributed by atoms with Gasteiger partial charge in [0, 0.05) is 0 Å². The van der Waals surface area contributed by atoms with Gasteiger partial charge in [-0.1, -0.05) is 103 Å². The van der Waals surface area contributed by atoms with Gasteiger partial charge in [0.25, 0.3) is 5.91 Å². The molecular weight excluding hydrogens is 679 g/mol. The van der Waals surface area contributed by atoms with Crippen molar-refractivity contribution in [2.45, 2.75) is 26.6 Å². The Morgan fingerprint density at radius 1 is 0.841 bits per heavy atom. The van der Waals surface area contributed by atoms with Crippen molar-refractivity contribution in [1.82, 2.24) is 4.90 Å². The molecule has 0 spiro atoms. The highest BCUT2D eigenvalue weighted by molar-refractivity contribution is 14.1. The average molecular weight is 711 g/mol. The lowest BCUT2D eigenvalue weighted by atomic mass is 10.1. The highest BCUT2D eigenvalue weighted by Gasteiger charge is 2.33. The smallest absolute Gasteiger partial charge is 0.267 e. The van der Waals surface area contributed by atoms with Crippen LogP contribution in [0.5, 0.6) is 11.5 Å². The van der Waals surface area contributed by atoms with Gasteiger partial charge in [0.2, 0.25) is 0 Å². The summed E-state index contributed by atoms with van der Waals surface area (Å²) in [6.45, 7) is 3.83. The van der Waals surface area contributed by atoms with Gasteiger partial charge in [-0.05, 0) is 92.5 Å². The van der Waals surface area contributed by atoms with Gasteiger partial charge in [-0.3, -0.25) is 14.7 Å². The van der Waals surface area contributed by atoms with E-state index in [1.54, 1.807) is 4.90 Å². The summed E-state index contributed by atoms with van der Waals surface area (Å²) in [5.74, 6) is 1.29. The third kappa shape index (κ3) is 7.00. The topological polar surface area (TPSA) is 51.1 Å². The number of fused-ring (bicyclic) bond motifs is 1. The SMILES string of the molecule is CCOc1cc(/C=C2/SC(=NCc3ccccc3)N(Cc3ccccc3)C2=O)cc(I)c1OCc1cccc2ccccc12. The van der Waals surface area contributed by atoms with Gasteiger partial charge >= 0.3 is 0 Å². The van der Waals surface area contributed by atoms with E-state index in [1.165, 1.54) is 22.5 Å². The number of nitrogens with zero attached hydrogens (tertiary/aromatic N) is 2. The normalized spacial score (nSPS) is 15.0. The molecule has 0 aromatic heterocycles. The van der Waals surface area contributed by atoms with Crippen molar-refractivity contribution < 1.29 is 14.3 Å². The number of ether oxygens (including phenoxy) is 2. The molecule has 0 bridgehead atoms. The molecule has 0 unspecified atom stereocenters. The standard InChI is InChI=1S/C37H31IN2O3S/c1-2-42-33-21-28(20-32(38)35(33)43-25-30-18-11-17-29-16-9-10-19-31(29)30)22-34-36(41)40(24-27-14-7-4-8-15-27)37(44-34)39-23-26-12-5-3-6-13-26/h3-22H,2,23-25H2,1H3/b34-22+,39-37?. The summed E-state index contributed by atoms with van der Waals surface area (Å²) < 4.78 is 13.3. The first-order valence-electron chi connectivity index (χ1n) is 14.5. The first-order valence-corrected chi connectivity index (χ1v) is 16.4. The summed E-state index contributed by atoms with van der Waals surface area (Å²) in [7, 11) is 0. The predicted octanol–water partition coefficient (Wildman–Crippen LogP) is 9.09. The lowest BCUT2D eigenvalue weighted by Gasteiger charge is -2.16. The molecule has 1 amide bonds. The second kappa shape index (κ2) is 14.1. The Morgan fingerprint density at radius 3 is 2.32 bits per heavy atom. The van der Waals surface area contributed by atoms with E-state index < -0.39 is 0 Å². The molecule has 0 N–H and O–H groups in total. The molecule has 1 heterocycles. The Bertz CT molecular complexity index is 1840. The number of amidine groups is 1. The maximum atomic E-state index is 13.8. The quantitative estimate of drug-likeness (QED) is 0.107. The Balaban J connectivity index is 1.28. The van der Waals surface area contributed by atoms with Gasteiger partial charge in [0.15, 0.2) is 16.7 Å². The molecule has 1 aliphatic rings. The largest absolute Gasteiger partial charge is 0.490 e. The van der Waals surface area contributed by atoms with E-state index in [4.69, 9.17) is 14.5 Å². The lowest BCUT2D eigenvalue weighted by molar-refractivity contribution is -0.122. The summed E-state index contributed by atoms with van der Waals surface area (Å²) in [4.78, 5) is 21.0. The summed E-state index contributed by atoms with van der Waals surface area (Å²) in [6, 6.07) is 38.7. The van der Waals surface area contributed by atoms with Gasteiger partial charge in [-0.15, -0.1) is 0 Å². The number of hydrogen-bond donors (Lipinski definition) is 0. The number of thioether (sulfide) groups is 1. The summed E-state index contributed by atoms with van der Waals surface area (Å²) in [5.41, 5.74) is 4.13. The molecular formula is C37H31IN2O3S. The lowest BCUT2D eigenvalue weighted by Crippen LogP contribution is -2.28. The van der Waals surface area contributed by atoms with Gasteiger partial charge in [-0.25, -0.2) is 0 Å². The van der Waals surface area contributed by atoms with Crippen LogP contribution < -0.4 is 9.47 Å². The van der Waals surface area contributed by atoms with Gasteiger partial charge in [-0.2, -0.15) is 0 Å². The van der Waals surface area contributed by atoms with E-state index in [0.29, 0.717) is 47.9 Å². The molecule has 44 heavy (non-hydrogen) atoms. The highest BCUT2D eigenvalue weighted by Crippen LogP contribution is 2.39. The fraction of sp³-hybridized carbons (Fsp3) is 0.135. The van der Waals surface area contributed by atoms with Crippen LogP contribution in [0.15, 0.2) is 125 Å². The number of carbonyl (C=O) groups is 1. The second-order valence-corrected chi connectivity index (χ2v) is 12.4. The van der Waals surface area contributed by atoms with Crippen molar-refractivity contribution >= 4 is 62.3 Å². The molecule has 1 fully saturated rings. The van der Waals surface area contributed by atoms with Crippen molar-refractivity contribution in [2.24, 2.45) is 4.99 Å². The van der Waals surface area contributed by atoms with Crippen molar-refractivity contribution in [3.63, 3.8) is 0 Å². The minimum Gasteiger partial charge on any atom is -0.490 e. The monoisotopic (exact) mass is 710 g/mol. The van der Waals surface area contributed by atoms with Gasteiger partial charge < -0.3 is 9.47 Å². The van der Waals surface area contributed by atoms with Crippen molar-refractivity contribution in [3.8, 4) is 11.5 Å². The Hall–Kier alpha value is -4.08. The molecule has 5 aromatic carbocycles. The number of halogens is 1. The van der Waals surface area contributed by atoms with E-state index in [1.807, 2.05) is 97.9 Å². The molecule has 7 heteroatoms. The molecule has 5 nitrogen and oxygen atoms in total. The molecule has 5 aromatic rings. The number of amides is 1. The van der Waals surface area contributed by atoms with E-state index in [-0.39, 0.29) is 5.91 Å². The van der Waals surface area contributed by atoms with Crippen LogP contribution in [0.2, 0.25) is 0 Å². The first kappa shape index (κ1) is 30.0. The van der Waals surface area contributed by atoms with Crippen LogP contribution in [0.4, 0.5) is 0 Å². The maximum absolute atomic E-state index is 13.8. The zero-order valence-corrected chi connectivity index (χ0v) is 27.3. The number of hydrogen-bond acceptors (Lipinski definition) is 5. The van der Waals surface area contributed by atoms with Crippen LogP contribution in [0, 0.1) is 3.57 Å². The predicted molar refractivity (Wildman–Crippen MR) is 189 cm³/mol. The molecule has 1 aliphatic heterocycles. The number of carbonyl (C=O) groups excluding carboxylic acids is 1. The van der Waals surface area contributed by atoms with E-state index in [9.17, 15) is 4.79 Å². The van der Waals surface area contributed by atoms with Gasteiger partial charge in [0.05, 0.1) is 28.2 Å². The van der Waals surface area contributed by atoms with Crippen LogP contribution in [-0.2, 0) is 24.5 Å². The maximum Gasteiger partial charge on any atom is 0.267 e. The summed E-state index contributed by atoms with van der Waals surface area (Å²) in [5, 5.41) is 3.05. The number of rotatable bonds is 10. The van der Waals surface area contributed by atoms with E-state index in [2.05, 4.69) is 52.9 Å². The Labute approximate surface area is 275 Å². The fourth-order valence-corrected chi connectivity index (χ4v) is 6.82. The number of aliphatic imine (C=N–C) groups is 1. The van der Waals surface area contributed by atoms with E-state index in [0.717, 1.165) is 25.8 Å². The van der Waals surface area contributed by atoms with Crippen LogP contribution in [-0.4, -0.2) is 22.6 Å². The van der Waals surface area contributed by atoms with E-state index >= 15 is 0 Å². The third-order valence-corrected chi connectivity index (χ3v) is 9.04. The summed E-state index contributed by atoms with van der Waals surface area (Å²) >= 11 is 3.70.